The number of aryl methyl sites for hydroxylation is 1. The van der Waals surface area contributed by atoms with E-state index >= 15 is 0 Å². The molecule has 0 saturated heterocycles. The summed E-state index contributed by atoms with van der Waals surface area (Å²) in [4.78, 5) is 9.76. The number of pyridine rings is 1. The summed E-state index contributed by atoms with van der Waals surface area (Å²) in [5, 5.41) is 6.35. The van der Waals surface area contributed by atoms with Crippen LogP contribution >= 0.6 is 23.2 Å². The highest BCUT2D eigenvalue weighted by Gasteiger charge is 2.25. The normalized spacial score (nSPS) is 14.5. The summed E-state index contributed by atoms with van der Waals surface area (Å²) < 4.78 is 22.3. The lowest BCUT2D eigenvalue weighted by molar-refractivity contribution is 0.337. The predicted octanol–water partition coefficient (Wildman–Crippen LogP) is 8.59. The molecule has 1 aliphatic rings. The van der Waals surface area contributed by atoms with E-state index in [2.05, 4.69) is 24.3 Å². The molecule has 4 aromatic rings. The molecule has 2 aromatic carbocycles. The average Bonchev–Trinajstić information content (AvgIpc) is 3.65. The van der Waals surface area contributed by atoms with Crippen LogP contribution in [0, 0.1) is 12.7 Å². The maximum atomic E-state index is 14.3. The third-order valence-electron chi connectivity index (χ3n) is 6.82. The molecular weight excluding hydrogens is 522 g/mol. The van der Waals surface area contributed by atoms with Crippen molar-refractivity contribution in [2.45, 2.75) is 58.4 Å². The first-order valence-electron chi connectivity index (χ1n) is 13.2. The highest BCUT2D eigenvalue weighted by Crippen LogP contribution is 2.39. The second kappa shape index (κ2) is 11.4. The van der Waals surface area contributed by atoms with Crippen LogP contribution in [-0.2, 0) is 0 Å². The SMILES string of the molecule is CCCC(CN=Cc1cc(Cl)c2nn(C3CC3)cc2c1)c1cc(C)c(OCC)c(-c2cccc(F)c2Cl)n1. The van der Waals surface area contributed by atoms with Crippen molar-refractivity contribution in [2.24, 2.45) is 4.99 Å². The van der Waals surface area contributed by atoms with Gasteiger partial charge in [0.2, 0.25) is 0 Å². The van der Waals surface area contributed by atoms with Gasteiger partial charge in [-0.2, -0.15) is 5.10 Å². The number of halogens is 3. The van der Waals surface area contributed by atoms with Gasteiger partial charge in [-0.25, -0.2) is 9.37 Å². The van der Waals surface area contributed by atoms with E-state index in [1.54, 1.807) is 12.1 Å². The number of fused-ring (bicyclic) bond motifs is 1. The van der Waals surface area contributed by atoms with E-state index < -0.39 is 5.82 Å². The Labute approximate surface area is 232 Å². The Kier molecular flexibility index (Phi) is 8.01. The molecule has 1 aliphatic carbocycles. The van der Waals surface area contributed by atoms with Crippen molar-refractivity contribution < 1.29 is 9.13 Å². The zero-order valence-electron chi connectivity index (χ0n) is 21.8. The predicted molar refractivity (Wildman–Crippen MR) is 154 cm³/mol. The molecule has 5 nitrogen and oxygen atoms in total. The van der Waals surface area contributed by atoms with E-state index in [4.69, 9.17) is 37.9 Å². The van der Waals surface area contributed by atoms with Crippen molar-refractivity contribution in [3.63, 3.8) is 0 Å². The molecule has 2 heterocycles. The smallest absolute Gasteiger partial charge is 0.148 e. The van der Waals surface area contributed by atoms with Crippen LogP contribution in [0.4, 0.5) is 4.39 Å². The third-order valence-corrected chi connectivity index (χ3v) is 7.49. The maximum absolute atomic E-state index is 14.3. The summed E-state index contributed by atoms with van der Waals surface area (Å²) in [7, 11) is 0. The number of hydrogen-bond donors (Lipinski definition) is 0. The van der Waals surface area contributed by atoms with Gasteiger partial charge in [0.15, 0.2) is 0 Å². The fourth-order valence-corrected chi connectivity index (χ4v) is 5.28. The van der Waals surface area contributed by atoms with E-state index in [1.165, 1.54) is 18.9 Å². The van der Waals surface area contributed by atoms with Crippen LogP contribution in [0.15, 0.2) is 47.6 Å². The van der Waals surface area contributed by atoms with Crippen LogP contribution in [0.2, 0.25) is 10.0 Å². The maximum Gasteiger partial charge on any atom is 0.148 e. The lowest BCUT2D eigenvalue weighted by atomic mass is 9.96. The van der Waals surface area contributed by atoms with Gasteiger partial charge < -0.3 is 4.74 Å². The minimum absolute atomic E-state index is 0.0415. The van der Waals surface area contributed by atoms with Crippen LogP contribution < -0.4 is 4.74 Å². The Bertz CT molecular complexity index is 1500. The van der Waals surface area contributed by atoms with Crippen molar-refractivity contribution in [2.75, 3.05) is 13.2 Å². The molecule has 0 amide bonds. The molecule has 198 valence electrons. The molecule has 1 saturated carbocycles. The van der Waals surface area contributed by atoms with Gasteiger partial charge in [-0.05, 0) is 68.5 Å². The summed E-state index contributed by atoms with van der Waals surface area (Å²) in [6.45, 7) is 7.07. The minimum atomic E-state index is -0.482. The lowest BCUT2D eigenvalue weighted by Gasteiger charge is -2.19. The van der Waals surface area contributed by atoms with E-state index in [1.807, 2.05) is 36.9 Å². The second-order valence-electron chi connectivity index (χ2n) is 9.84. The van der Waals surface area contributed by atoms with Crippen molar-refractivity contribution in [3.05, 3.63) is 75.3 Å². The summed E-state index contributed by atoms with van der Waals surface area (Å²) in [5.41, 5.74) is 4.67. The van der Waals surface area contributed by atoms with Gasteiger partial charge in [-0.1, -0.05) is 48.7 Å². The summed E-state index contributed by atoms with van der Waals surface area (Å²) in [6, 6.07) is 11.3. The Hall–Kier alpha value is -2.96. The molecule has 0 bridgehead atoms. The van der Waals surface area contributed by atoms with Gasteiger partial charge in [0.25, 0.3) is 0 Å². The summed E-state index contributed by atoms with van der Waals surface area (Å²) in [6.07, 6.45) is 8.16. The lowest BCUT2D eigenvalue weighted by Crippen LogP contribution is -2.09. The highest BCUT2D eigenvalue weighted by molar-refractivity contribution is 6.35. The van der Waals surface area contributed by atoms with Crippen LogP contribution in [0.25, 0.3) is 22.2 Å². The number of aliphatic imine (C=N–C) groups is 1. The Balaban J connectivity index is 1.45. The van der Waals surface area contributed by atoms with Gasteiger partial charge in [0, 0.05) is 41.5 Å². The molecule has 0 radical (unpaired) electrons. The molecule has 0 N–H and O–H groups in total. The number of nitrogens with zero attached hydrogens (tertiary/aromatic N) is 4. The van der Waals surface area contributed by atoms with Crippen LogP contribution in [0.3, 0.4) is 0 Å². The van der Waals surface area contributed by atoms with E-state index in [-0.39, 0.29) is 10.9 Å². The fourth-order valence-electron chi connectivity index (χ4n) is 4.79. The van der Waals surface area contributed by atoms with Crippen LogP contribution in [0.1, 0.15) is 68.3 Å². The first-order chi connectivity index (χ1) is 18.4. The van der Waals surface area contributed by atoms with Gasteiger partial charge in [-0.3, -0.25) is 9.67 Å². The molecule has 1 unspecified atom stereocenters. The molecule has 1 fully saturated rings. The topological polar surface area (TPSA) is 52.3 Å². The largest absolute Gasteiger partial charge is 0.491 e. The van der Waals surface area contributed by atoms with Crippen LogP contribution in [0.5, 0.6) is 5.75 Å². The van der Waals surface area contributed by atoms with E-state index in [0.717, 1.165) is 40.6 Å². The Morgan fingerprint density at radius 2 is 2.03 bits per heavy atom. The van der Waals surface area contributed by atoms with Crippen molar-refractivity contribution in [1.29, 1.82) is 0 Å². The average molecular weight is 554 g/mol. The zero-order chi connectivity index (χ0) is 26.8. The number of aromatic nitrogens is 3. The van der Waals surface area contributed by atoms with Crippen molar-refractivity contribution >= 4 is 40.3 Å². The molecule has 0 spiro atoms. The molecule has 2 aromatic heterocycles. The molecule has 38 heavy (non-hydrogen) atoms. The molecule has 1 atom stereocenters. The number of benzene rings is 2. The monoisotopic (exact) mass is 552 g/mol. The fraction of sp³-hybridized carbons (Fsp3) is 0.367. The third kappa shape index (κ3) is 5.57. The number of rotatable bonds is 10. The van der Waals surface area contributed by atoms with E-state index in [0.29, 0.717) is 41.2 Å². The standard InChI is InChI=1S/C30H31Cl2FN4O/c1-4-7-20(16-34-15-19-13-21-17-37(22-10-11-22)36-28(21)24(31)14-19)26-12-18(3)30(38-5-2)29(35-26)23-8-6-9-25(33)27(23)32/h6,8-9,12-15,17,20,22H,4-5,7,10-11,16H2,1-3H3. The first-order valence-corrected chi connectivity index (χ1v) is 13.9. The Morgan fingerprint density at radius 3 is 2.76 bits per heavy atom. The summed E-state index contributed by atoms with van der Waals surface area (Å²) >= 11 is 12.9. The molecular formula is C30H31Cl2FN4O. The van der Waals surface area contributed by atoms with Crippen molar-refractivity contribution in [1.82, 2.24) is 14.8 Å². The van der Waals surface area contributed by atoms with Gasteiger partial charge in [0.05, 0.1) is 22.7 Å². The first kappa shape index (κ1) is 26.6. The minimum Gasteiger partial charge on any atom is -0.491 e. The van der Waals surface area contributed by atoms with Crippen molar-refractivity contribution in [3.8, 4) is 17.0 Å². The van der Waals surface area contributed by atoms with E-state index in [9.17, 15) is 4.39 Å². The zero-order valence-corrected chi connectivity index (χ0v) is 23.4. The summed E-state index contributed by atoms with van der Waals surface area (Å²) in [5.74, 6) is 0.218. The highest BCUT2D eigenvalue weighted by atomic mass is 35.5. The molecule has 8 heteroatoms. The van der Waals surface area contributed by atoms with Crippen LogP contribution in [-0.4, -0.2) is 34.1 Å². The quantitative estimate of drug-likeness (QED) is 0.185. The van der Waals surface area contributed by atoms with Gasteiger partial charge in [-0.15, -0.1) is 0 Å². The Morgan fingerprint density at radius 1 is 1.21 bits per heavy atom. The second-order valence-corrected chi connectivity index (χ2v) is 10.6. The number of ether oxygens (including phenoxy) is 1. The van der Waals surface area contributed by atoms with Gasteiger partial charge >= 0.3 is 0 Å². The van der Waals surface area contributed by atoms with Gasteiger partial charge in [0.1, 0.15) is 22.8 Å². The molecule has 0 aliphatic heterocycles. The molecule has 5 rings (SSSR count). The number of hydrogen-bond acceptors (Lipinski definition) is 4.